The van der Waals surface area contributed by atoms with Gasteiger partial charge in [0.2, 0.25) is 0 Å². The van der Waals surface area contributed by atoms with Gasteiger partial charge in [-0.25, -0.2) is 0 Å². The van der Waals surface area contributed by atoms with Crippen LogP contribution >= 0.6 is 45.6 Å². The van der Waals surface area contributed by atoms with E-state index in [1.165, 1.54) is 64.9 Å². The molecule has 14 aliphatic heterocycles. The number of hydrogen-bond acceptors (Lipinski definition) is 24. The average Bonchev–Trinajstić information content (AvgIpc) is 1.67. The largest absolute Gasteiger partial charge is 0.379 e. The van der Waals surface area contributed by atoms with Gasteiger partial charge in [-0.2, -0.15) is 0 Å². The summed E-state index contributed by atoms with van der Waals surface area (Å²) in [6.07, 6.45) is 6.41. The summed E-state index contributed by atoms with van der Waals surface area (Å²) in [5.41, 5.74) is -5.55. The summed E-state index contributed by atoms with van der Waals surface area (Å²) < 4.78 is 163. The quantitative estimate of drug-likeness (QED) is 0.0620. The lowest BCUT2D eigenvalue weighted by atomic mass is 9.78. The first kappa shape index (κ1) is 87.1. The Kier molecular flexibility index (Phi) is 29.7. The lowest BCUT2D eigenvalue weighted by Crippen LogP contribution is -2.64. The number of methoxy groups -OCH3 is 6. The first-order valence-electron chi connectivity index (χ1n) is 31.2. The van der Waals surface area contributed by atoms with Gasteiger partial charge in [0.25, 0.3) is 0 Å². The van der Waals surface area contributed by atoms with E-state index in [2.05, 4.69) is 0 Å². The van der Waals surface area contributed by atoms with Crippen LogP contribution in [-0.2, 0) is 113 Å². The summed E-state index contributed by atoms with van der Waals surface area (Å²) in [5, 5.41) is 0. The van der Waals surface area contributed by atoms with E-state index >= 15 is 0 Å². The zero-order valence-corrected chi connectivity index (χ0v) is 61.6. The summed E-state index contributed by atoms with van der Waals surface area (Å²) in [7, 11) is 6.81. The van der Waals surface area contributed by atoms with E-state index in [9.17, 15) is 27.4 Å². The van der Waals surface area contributed by atoms with Crippen molar-refractivity contribution >= 4 is 77.0 Å². The van der Waals surface area contributed by atoms with Crippen LogP contribution in [0.3, 0.4) is 0 Å². The van der Waals surface area contributed by atoms with Crippen molar-refractivity contribution in [2.45, 2.75) is 177 Å². The standard InChI is InChI=1S/C10H17O6P.4C9H14BO6P.C9H15O6P/c1-7-5-16-10(3-4-17(11,12)13)6-15-8(7)9(10)14-2;1-14-7-6-8(10)16-9(7,2-4-15-6)3-5-17(11,12)13;1-14-6-4-9(2-3-17(11,12)13)5-15-7(6)8(10)16-9;1-14-8-6-4-7(10)16-9(8,5-15-6)2-3-17(11,12)13;1-14-7-4-6-8(10)16-9(7,5-15-6)2-3-17(11,12)13;1-6-7-8(13-2)9(15-6,5-14-7)3-4-16(10,11)12/h3-4,7-9H,5-6H2,1-2H3,(H2,11,12,13);3,5-8H,2,4H2,1H3,(H2,11,12,13);3*2-3,6-8H,4-5H2,1H3,(H2,11,12,13);3-4,6-8H,5H2,1-2H3,(H2,10,11,12)/b4-3+;5-3+;3*3-2+;4-3+/t;6?,7-,8-,9-;6-,7-,8?,9-;;6-,7+,8?,9+;6-,7?,8+,9-/m.11.10/s1. The molecule has 12 unspecified atom stereocenters. The minimum absolute atomic E-state index is 0.0878. The first-order chi connectivity index (χ1) is 46.7. The molecule has 0 aliphatic carbocycles. The molecular formula is C55H88B4O36P6. The molecule has 8 radical (unpaired) electrons. The Hall–Kier alpha value is -1.12. The predicted octanol–water partition coefficient (Wildman–Crippen LogP) is -0.273. The highest BCUT2D eigenvalue weighted by molar-refractivity contribution is 7.56. The van der Waals surface area contributed by atoms with Crippen LogP contribution in [0.15, 0.2) is 71.4 Å². The van der Waals surface area contributed by atoms with Gasteiger partial charge in [0.05, 0.1) is 82.9 Å². The van der Waals surface area contributed by atoms with Crippen LogP contribution < -0.4 is 0 Å². The summed E-state index contributed by atoms with van der Waals surface area (Å²) in [4.78, 5) is 106. The van der Waals surface area contributed by atoms with E-state index in [0.717, 1.165) is 34.9 Å². The Labute approximate surface area is 588 Å². The van der Waals surface area contributed by atoms with Crippen molar-refractivity contribution in [2.75, 3.05) is 88.9 Å². The Morgan fingerprint density at radius 1 is 0.396 bits per heavy atom. The fourth-order valence-electron chi connectivity index (χ4n) is 13.8. The van der Waals surface area contributed by atoms with Gasteiger partial charge in [-0.3, -0.25) is 27.4 Å². The molecule has 566 valence electrons. The minimum Gasteiger partial charge on any atom is -0.379 e. The van der Waals surface area contributed by atoms with Gasteiger partial charge >= 0.3 is 45.6 Å². The van der Waals surface area contributed by atoms with Crippen molar-refractivity contribution in [1.82, 2.24) is 0 Å². The monoisotopic (exact) mass is 1550 g/mol. The van der Waals surface area contributed by atoms with Crippen molar-refractivity contribution in [3.63, 3.8) is 0 Å². The third-order valence-electron chi connectivity index (χ3n) is 18.3. The van der Waals surface area contributed by atoms with Crippen molar-refractivity contribution in [2.24, 2.45) is 5.92 Å². The lowest BCUT2D eigenvalue weighted by molar-refractivity contribution is -0.273. The molecule has 0 aromatic heterocycles. The molecule has 46 heteroatoms. The van der Waals surface area contributed by atoms with Crippen LogP contribution in [0.5, 0.6) is 0 Å². The molecule has 14 fully saturated rings. The first-order valence-corrected chi connectivity index (χ1v) is 41.3. The maximum atomic E-state index is 10.9. The summed E-state index contributed by atoms with van der Waals surface area (Å²) in [6, 6.07) is -2.42. The number of rotatable bonds is 18. The predicted molar refractivity (Wildman–Crippen MR) is 353 cm³/mol. The third kappa shape index (κ3) is 22.3. The Bertz CT molecular complexity index is 3180. The van der Waals surface area contributed by atoms with Crippen molar-refractivity contribution in [1.29, 1.82) is 0 Å². The van der Waals surface area contributed by atoms with Gasteiger partial charge in [-0.05, 0) is 49.8 Å². The number of hydrogen-bond donors (Lipinski definition) is 12. The third-order valence-corrected chi connectivity index (χ3v) is 21.6. The molecule has 14 rings (SSSR count). The Morgan fingerprint density at radius 3 is 1.33 bits per heavy atom. The molecule has 0 amide bonds. The molecule has 24 atom stereocenters. The highest BCUT2D eigenvalue weighted by atomic mass is 31.2. The molecule has 0 aromatic carbocycles. The molecule has 0 aromatic rings. The van der Waals surface area contributed by atoms with E-state index < -0.39 is 122 Å². The second-order valence-corrected chi connectivity index (χ2v) is 34.6. The van der Waals surface area contributed by atoms with Crippen molar-refractivity contribution in [3.05, 3.63) is 71.4 Å². The Morgan fingerprint density at radius 2 is 0.822 bits per heavy atom. The van der Waals surface area contributed by atoms with Crippen LogP contribution in [0.4, 0.5) is 0 Å². The van der Waals surface area contributed by atoms with Gasteiger partial charge in [0, 0.05) is 127 Å². The molecular weight excluding hydrogens is 1470 g/mol. The molecule has 101 heavy (non-hydrogen) atoms. The molecule has 36 nitrogen and oxygen atoms in total. The van der Waals surface area contributed by atoms with Gasteiger partial charge in [0.1, 0.15) is 108 Å². The van der Waals surface area contributed by atoms with E-state index in [-0.39, 0.29) is 100.0 Å². The van der Waals surface area contributed by atoms with Crippen LogP contribution in [0, 0.1) is 5.92 Å². The fourth-order valence-corrected chi connectivity index (χ4v) is 16.5. The second-order valence-electron chi connectivity index (χ2n) is 25.7. The number of fused-ring (bicyclic) bond motifs is 14. The van der Waals surface area contributed by atoms with Crippen molar-refractivity contribution < 1.29 is 171 Å². The summed E-state index contributed by atoms with van der Waals surface area (Å²) in [5.74, 6) is 5.19. The van der Waals surface area contributed by atoms with E-state index in [1.807, 2.05) is 13.8 Å². The van der Waals surface area contributed by atoms with E-state index in [1.54, 1.807) is 14.2 Å². The lowest BCUT2D eigenvalue weighted by Gasteiger charge is -2.52. The molecule has 0 spiro atoms. The van der Waals surface area contributed by atoms with Crippen molar-refractivity contribution in [3.8, 4) is 0 Å². The van der Waals surface area contributed by atoms with Crippen LogP contribution in [0.2, 0.25) is 0 Å². The average molecular weight is 1550 g/mol. The topological polar surface area (TPSA) is 511 Å². The molecule has 14 saturated heterocycles. The minimum atomic E-state index is -4.24. The molecule has 12 N–H and O–H groups in total. The highest BCUT2D eigenvalue weighted by Crippen LogP contribution is 2.51. The maximum Gasteiger partial charge on any atom is 0.348 e. The van der Waals surface area contributed by atoms with Crippen LogP contribution in [-0.4, -0.2) is 316 Å². The molecule has 0 saturated carbocycles. The summed E-state index contributed by atoms with van der Waals surface area (Å²) in [6.45, 7) is 5.87. The summed E-state index contributed by atoms with van der Waals surface area (Å²) >= 11 is 0. The SMILES string of the molecule is COC1C2OCC1(/C=C/P(=O)(O)O)OCC2C.CO[C@@H]1C2OC[C@]1(/C=C/P(=O)(O)O)O[C@H]2C.[B]C1CC2OCC(/C=C/P(=O)(O)O)(O1)C2OC.[B]C1O[C@@]2(/C=C/P(=O)(O)O)CO[C@@H]1C[C@@H]2OC.[B]C1O[C@@]2(/C=C/P(=O)(O)O)CO[C@@H]1[C@H](OC)C2.[B][C@@H]1O[C@@]2(/C=C/P(=O)(O)O)CCOC1[C@H]2OC. The maximum absolute atomic E-state index is 10.9. The van der Waals surface area contributed by atoms with Gasteiger partial charge in [-0.1, -0.05) is 6.92 Å². The Balaban J connectivity index is 0.000000170. The smallest absolute Gasteiger partial charge is 0.348 e. The fraction of sp³-hybridized carbons (Fsp3) is 0.782. The van der Waals surface area contributed by atoms with Crippen LogP contribution in [0.1, 0.15) is 39.5 Å². The second kappa shape index (κ2) is 34.4. The number of ether oxygens (including phenoxy) is 18. The zero-order valence-electron chi connectivity index (χ0n) is 56.3. The van der Waals surface area contributed by atoms with E-state index in [4.69, 9.17) is 175 Å². The van der Waals surface area contributed by atoms with Crippen LogP contribution in [0.25, 0.3) is 0 Å². The van der Waals surface area contributed by atoms with Gasteiger partial charge < -0.3 is 144 Å². The zero-order chi connectivity index (χ0) is 75.4. The van der Waals surface area contributed by atoms with Gasteiger partial charge in [0.15, 0.2) is 0 Å². The molecule has 14 heterocycles. The normalized spacial score (nSPS) is 42.4. The molecule has 12 bridgehead atoms. The van der Waals surface area contributed by atoms with Gasteiger partial charge in [-0.15, -0.1) is 0 Å². The molecule has 14 aliphatic rings. The van der Waals surface area contributed by atoms with E-state index in [0.29, 0.717) is 38.9 Å². The highest BCUT2D eigenvalue weighted by Gasteiger charge is 2.61.